The molecule has 134 valence electrons. The van der Waals surface area contributed by atoms with Gasteiger partial charge in [0.05, 0.1) is 0 Å². The second-order valence-corrected chi connectivity index (χ2v) is 7.58. The first kappa shape index (κ1) is 18.1. The minimum Gasteiger partial charge on any atom is -0.357 e. The molecule has 2 aromatic rings. The summed E-state index contributed by atoms with van der Waals surface area (Å²) in [5.41, 5.74) is 0.828. The second kappa shape index (κ2) is 9.10. The summed E-state index contributed by atoms with van der Waals surface area (Å²) >= 11 is 8.02. The molecular weight excluding hydrogens is 358 g/mol. The molecule has 1 fully saturated rings. The van der Waals surface area contributed by atoms with Gasteiger partial charge in [0.1, 0.15) is 6.54 Å². The second-order valence-electron chi connectivity index (χ2n) is 5.73. The van der Waals surface area contributed by atoms with E-state index in [1.807, 2.05) is 43.0 Å². The van der Waals surface area contributed by atoms with E-state index in [0.717, 1.165) is 24.6 Å². The number of rotatable bonds is 6. The molecule has 3 rings (SSSR count). The average Bonchev–Trinajstić information content (AvgIpc) is 3.29. The largest absolute Gasteiger partial charge is 0.357 e. The van der Waals surface area contributed by atoms with Gasteiger partial charge >= 0.3 is 0 Å². The van der Waals surface area contributed by atoms with Crippen molar-refractivity contribution in [3.8, 4) is 11.4 Å². The van der Waals surface area contributed by atoms with Crippen LogP contribution in [0.3, 0.4) is 0 Å². The van der Waals surface area contributed by atoms with E-state index in [-0.39, 0.29) is 0 Å². The van der Waals surface area contributed by atoms with Gasteiger partial charge in [-0.25, -0.2) is 4.99 Å². The molecule has 0 aliphatic carbocycles. The molecule has 1 aliphatic rings. The molecule has 6 nitrogen and oxygen atoms in total. The SMILES string of the molecule is CCNC(=NCc1nc(-c2cccc(Cl)c2)no1)NCC1CCCS1. The summed E-state index contributed by atoms with van der Waals surface area (Å²) in [5, 5.41) is 11.9. The van der Waals surface area contributed by atoms with E-state index in [9.17, 15) is 0 Å². The summed E-state index contributed by atoms with van der Waals surface area (Å²) in [7, 11) is 0. The molecular formula is C17H22ClN5OS. The number of guanidine groups is 1. The fraction of sp³-hybridized carbons (Fsp3) is 0.471. The van der Waals surface area contributed by atoms with Gasteiger partial charge < -0.3 is 15.2 Å². The third-order valence-electron chi connectivity index (χ3n) is 3.79. The Balaban J connectivity index is 1.60. The van der Waals surface area contributed by atoms with Crippen molar-refractivity contribution >= 4 is 29.3 Å². The van der Waals surface area contributed by atoms with E-state index >= 15 is 0 Å². The highest BCUT2D eigenvalue weighted by molar-refractivity contribution is 8.00. The molecule has 0 radical (unpaired) electrons. The zero-order valence-corrected chi connectivity index (χ0v) is 15.7. The van der Waals surface area contributed by atoms with Crippen LogP contribution in [0.25, 0.3) is 11.4 Å². The summed E-state index contributed by atoms with van der Waals surface area (Å²) in [5.74, 6) is 3.03. The number of halogens is 1. The van der Waals surface area contributed by atoms with Crippen LogP contribution in [-0.4, -0.2) is 40.2 Å². The predicted octanol–water partition coefficient (Wildman–Crippen LogP) is 3.34. The van der Waals surface area contributed by atoms with Crippen molar-refractivity contribution in [3.63, 3.8) is 0 Å². The third kappa shape index (κ3) is 5.37. The van der Waals surface area contributed by atoms with E-state index in [2.05, 4.69) is 25.8 Å². The van der Waals surface area contributed by atoms with Crippen LogP contribution < -0.4 is 10.6 Å². The first-order valence-corrected chi connectivity index (χ1v) is 9.89. The van der Waals surface area contributed by atoms with Crippen molar-refractivity contribution in [1.29, 1.82) is 0 Å². The molecule has 1 aromatic heterocycles. The maximum absolute atomic E-state index is 6.00. The van der Waals surface area contributed by atoms with E-state index < -0.39 is 0 Å². The summed E-state index contributed by atoms with van der Waals surface area (Å²) in [4.78, 5) is 8.92. The molecule has 8 heteroatoms. The lowest BCUT2D eigenvalue weighted by atomic mass is 10.2. The van der Waals surface area contributed by atoms with E-state index in [4.69, 9.17) is 16.1 Å². The Morgan fingerprint density at radius 1 is 1.44 bits per heavy atom. The molecule has 1 saturated heterocycles. The summed E-state index contributed by atoms with van der Waals surface area (Å²) in [6, 6.07) is 7.38. The Morgan fingerprint density at radius 3 is 3.12 bits per heavy atom. The summed E-state index contributed by atoms with van der Waals surface area (Å²) in [6.45, 7) is 4.11. The number of aliphatic imine (C=N–C) groups is 1. The van der Waals surface area contributed by atoms with Crippen LogP contribution in [0, 0.1) is 0 Å². The number of thioether (sulfide) groups is 1. The number of hydrogen-bond acceptors (Lipinski definition) is 5. The summed E-state index contributed by atoms with van der Waals surface area (Å²) < 4.78 is 5.29. The Bertz CT molecular complexity index is 715. The highest BCUT2D eigenvalue weighted by Gasteiger charge is 2.15. The van der Waals surface area contributed by atoms with Crippen molar-refractivity contribution in [2.24, 2.45) is 4.99 Å². The van der Waals surface area contributed by atoms with Gasteiger partial charge in [-0.05, 0) is 37.7 Å². The molecule has 0 saturated carbocycles. The number of benzene rings is 1. The number of hydrogen-bond donors (Lipinski definition) is 2. The van der Waals surface area contributed by atoms with Crippen LogP contribution in [0.5, 0.6) is 0 Å². The van der Waals surface area contributed by atoms with Gasteiger partial charge in [-0.15, -0.1) is 0 Å². The fourth-order valence-electron chi connectivity index (χ4n) is 2.57. The normalized spacial score (nSPS) is 17.7. The molecule has 1 atom stereocenters. The molecule has 0 spiro atoms. The molecule has 1 aliphatic heterocycles. The molecule has 25 heavy (non-hydrogen) atoms. The van der Waals surface area contributed by atoms with Gasteiger partial charge in [0.25, 0.3) is 0 Å². The molecule has 2 heterocycles. The Labute approximate surface area is 156 Å². The Hall–Kier alpha value is -1.73. The van der Waals surface area contributed by atoms with Gasteiger partial charge in [-0.3, -0.25) is 0 Å². The predicted molar refractivity (Wildman–Crippen MR) is 103 cm³/mol. The van der Waals surface area contributed by atoms with Crippen LogP contribution in [0.1, 0.15) is 25.7 Å². The standard InChI is InChI=1S/C17H22ClN5OS/c1-2-19-17(20-10-14-7-4-8-25-14)21-11-15-22-16(23-24-15)12-5-3-6-13(18)9-12/h3,5-6,9,14H,2,4,7-8,10-11H2,1H3,(H2,19,20,21). The molecule has 1 aromatic carbocycles. The molecule has 0 bridgehead atoms. The maximum Gasteiger partial charge on any atom is 0.248 e. The Morgan fingerprint density at radius 2 is 2.36 bits per heavy atom. The van der Waals surface area contributed by atoms with Gasteiger partial charge in [0, 0.05) is 28.9 Å². The van der Waals surface area contributed by atoms with Crippen LogP contribution in [0.15, 0.2) is 33.8 Å². The topological polar surface area (TPSA) is 75.3 Å². The maximum atomic E-state index is 6.00. The summed E-state index contributed by atoms with van der Waals surface area (Å²) in [6.07, 6.45) is 2.57. The van der Waals surface area contributed by atoms with Crippen LogP contribution in [0.4, 0.5) is 0 Å². The third-order valence-corrected chi connectivity index (χ3v) is 5.42. The quantitative estimate of drug-likeness (QED) is 0.592. The number of nitrogens with zero attached hydrogens (tertiary/aromatic N) is 3. The van der Waals surface area contributed by atoms with Gasteiger partial charge in [0.15, 0.2) is 5.96 Å². The highest BCUT2D eigenvalue weighted by Crippen LogP contribution is 2.25. The highest BCUT2D eigenvalue weighted by atomic mass is 35.5. The minimum atomic E-state index is 0.334. The molecule has 2 N–H and O–H groups in total. The Kier molecular flexibility index (Phi) is 6.58. The van der Waals surface area contributed by atoms with Gasteiger partial charge in [-0.1, -0.05) is 28.9 Å². The van der Waals surface area contributed by atoms with Crippen molar-refractivity contribution in [1.82, 2.24) is 20.8 Å². The van der Waals surface area contributed by atoms with E-state index in [1.54, 1.807) is 0 Å². The zero-order chi connectivity index (χ0) is 17.5. The molecule has 0 amide bonds. The lowest BCUT2D eigenvalue weighted by molar-refractivity contribution is 0.380. The first-order chi connectivity index (χ1) is 12.2. The lowest BCUT2D eigenvalue weighted by Crippen LogP contribution is -2.40. The van der Waals surface area contributed by atoms with Crippen LogP contribution >= 0.6 is 23.4 Å². The van der Waals surface area contributed by atoms with Crippen LogP contribution in [-0.2, 0) is 6.54 Å². The van der Waals surface area contributed by atoms with Crippen molar-refractivity contribution in [3.05, 3.63) is 35.2 Å². The monoisotopic (exact) mass is 379 g/mol. The number of aromatic nitrogens is 2. The van der Waals surface area contributed by atoms with Crippen molar-refractivity contribution in [2.75, 3.05) is 18.8 Å². The fourth-order valence-corrected chi connectivity index (χ4v) is 3.96. The van der Waals surface area contributed by atoms with Gasteiger partial charge in [0.2, 0.25) is 11.7 Å². The van der Waals surface area contributed by atoms with E-state index in [0.29, 0.717) is 28.5 Å². The van der Waals surface area contributed by atoms with Gasteiger partial charge in [-0.2, -0.15) is 16.7 Å². The minimum absolute atomic E-state index is 0.334. The molecule has 1 unspecified atom stereocenters. The average molecular weight is 380 g/mol. The number of nitrogens with one attached hydrogen (secondary N) is 2. The first-order valence-electron chi connectivity index (χ1n) is 8.47. The van der Waals surface area contributed by atoms with Crippen molar-refractivity contribution < 1.29 is 4.52 Å². The van der Waals surface area contributed by atoms with E-state index in [1.165, 1.54) is 18.6 Å². The smallest absolute Gasteiger partial charge is 0.248 e. The zero-order valence-electron chi connectivity index (χ0n) is 14.2. The van der Waals surface area contributed by atoms with Crippen molar-refractivity contribution in [2.45, 2.75) is 31.6 Å². The van der Waals surface area contributed by atoms with Crippen LogP contribution in [0.2, 0.25) is 5.02 Å². The lowest BCUT2D eigenvalue weighted by Gasteiger charge is -2.14.